The summed E-state index contributed by atoms with van der Waals surface area (Å²) in [6.07, 6.45) is 1.76. The van der Waals surface area contributed by atoms with Crippen molar-refractivity contribution in [2.24, 2.45) is 7.05 Å². The lowest BCUT2D eigenvalue weighted by molar-refractivity contribution is 0.435. The van der Waals surface area contributed by atoms with Gasteiger partial charge in [0, 0.05) is 19.8 Å². The van der Waals surface area contributed by atoms with Crippen LogP contribution in [0.3, 0.4) is 0 Å². The van der Waals surface area contributed by atoms with Crippen molar-refractivity contribution in [3.63, 3.8) is 0 Å². The second kappa shape index (κ2) is 2.90. The first-order valence-electron chi connectivity index (χ1n) is 4.47. The highest BCUT2D eigenvalue weighted by Crippen LogP contribution is 2.29. The van der Waals surface area contributed by atoms with E-state index in [1.165, 1.54) is 0 Å². The maximum Gasteiger partial charge on any atom is 0.200 e. The number of fused-ring (bicyclic) bond motifs is 1. The molecule has 4 heteroatoms. The van der Waals surface area contributed by atoms with Crippen molar-refractivity contribution >= 4 is 16.6 Å². The highest BCUT2D eigenvalue weighted by atomic mass is 16.3. The number of pyridine rings is 1. The molecule has 2 heterocycles. The third-order valence-electron chi connectivity index (χ3n) is 2.58. The maximum atomic E-state index is 9.79. The minimum atomic E-state index is 0.266. The van der Waals surface area contributed by atoms with Gasteiger partial charge >= 0.3 is 0 Å². The number of hydrogen-bond acceptors (Lipinski definition) is 3. The molecule has 4 nitrogen and oxygen atoms in total. The summed E-state index contributed by atoms with van der Waals surface area (Å²) in [6.45, 7) is 1.94. The zero-order chi connectivity index (χ0) is 10.3. The van der Waals surface area contributed by atoms with Gasteiger partial charge in [0.05, 0.1) is 22.8 Å². The van der Waals surface area contributed by atoms with E-state index in [2.05, 4.69) is 10.3 Å². The minimum absolute atomic E-state index is 0.266. The van der Waals surface area contributed by atoms with Gasteiger partial charge in [-0.25, -0.2) is 0 Å². The van der Waals surface area contributed by atoms with E-state index in [-0.39, 0.29) is 5.88 Å². The van der Waals surface area contributed by atoms with E-state index >= 15 is 0 Å². The maximum absolute atomic E-state index is 9.79. The summed E-state index contributed by atoms with van der Waals surface area (Å²) in [6, 6.07) is 1.89. The molecule has 0 atom stereocenters. The zero-order valence-electron chi connectivity index (χ0n) is 8.50. The lowest BCUT2D eigenvalue weighted by Crippen LogP contribution is -1.89. The lowest BCUT2D eigenvalue weighted by Gasteiger charge is -1.98. The van der Waals surface area contributed by atoms with Crippen molar-refractivity contribution in [1.29, 1.82) is 0 Å². The Morgan fingerprint density at radius 3 is 2.86 bits per heavy atom. The highest BCUT2D eigenvalue weighted by molar-refractivity contribution is 5.89. The fourth-order valence-electron chi connectivity index (χ4n) is 1.56. The van der Waals surface area contributed by atoms with Crippen LogP contribution in [-0.2, 0) is 7.05 Å². The fraction of sp³-hybridized carbons (Fsp3) is 0.300. The summed E-state index contributed by atoms with van der Waals surface area (Å²) in [5.74, 6) is 0.266. The third kappa shape index (κ3) is 1.04. The zero-order valence-corrected chi connectivity index (χ0v) is 8.50. The predicted octanol–water partition coefficient (Wildman–Crippen LogP) is 1.63. The van der Waals surface area contributed by atoms with E-state index in [1.807, 2.05) is 27.1 Å². The number of aromatic nitrogens is 2. The molecule has 0 saturated carbocycles. The molecule has 2 aromatic heterocycles. The first kappa shape index (κ1) is 8.87. The van der Waals surface area contributed by atoms with Gasteiger partial charge in [-0.3, -0.25) is 4.98 Å². The summed E-state index contributed by atoms with van der Waals surface area (Å²) in [5, 5.41) is 13.6. The average molecular weight is 191 g/mol. The van der Waals surface area contributed by atoms with Crippen LogP contribution in [0, 0.1) is 6.92 Å². The molecule has 0 aromatic carbocycles. The van der Waals surface area contributed by atoms with E-state index in [4.69, 9.17) is 0 Å². The number of anilines is 1. The number of rotatable bonds is 1. The monoisotopic (exact) mass is 191 g/mol. The van der Waals surface area contributed by atoms with E-state index in [9.17, 15) is 5.11 Å². The Morgan fingerprint density at radius 2 is 2.21 bits per heavy atom. The number of aryl methyl sites for hydroxylation is 1. The van der Waals surface area contributed by atoms with Gasteiger partial charge in [0.25, 0.3) is 0 Å². The van der Waals surface area contributed by atoms with E-state index in [1.54, 1.807) is 10.8 Å². The van der Waals surface area contributed by atoms with Gasteiger partial charge in [-0.15, -0.1) is 0 Å². The first-order chi connectivity index (χ1) is 6.65. The second-order valence-corrected chi connectivity index (χ2v) is 3.34. The fourth-order valence-corrected chi connectivity index (χ4v) is 1.56. The summed E-state index contributed by atoms with van der Waals surface area (Å²) >= 11 is 0. The smallest absolute Gasteiger partial charge is 0.200 e. The molecule has 0 spiro atoms. The Labute approximate surface area is 82.2 Å². The van der Waals surface area contributed by atoms with Crippen molar-refractivity contribution in [1.82, 2.24) is 9.55 Å². The summed E-state index contributed by atoms with van der Waals surface area (Å²) in [5.41, 5.74) is 2.72. The van der Waals surface area contributed by atoms with Crippen LogP contribution >= 0.6 is 0 Å². The molecule has 0 aliphatic heterocycles. The molecule has 0 bridgehead atoms. The molecule has 14 heavy (non-hydrogen) atoms. The quantitative estimate of drug-likeness (QED) is 0.720. The Morgan fingerprint density at radius 1 is 1.50 bits per heavy atom. The first-order valence-corrected chi connectivity index (χ1v) is 4.47. The van der Waals surface area contributed by atoms with Gasteiger partial charge in [0.1, 0.15) is 0 Å². The molecule has 2 N–H and O–H groups in total. The van der Waals surface area contributed by atoms with Gasteiger partial charge in [0.2, 0.25) is 5.88 Å². The van der Waals surface area contributed by atoms with Crippen LogP contribution < -0.4 is 5.32 Å². The molecule has 0 amide bonds. The SMILES string of the molecule is CNc1cnc2c(C)n(C)c(O)c2c1. The van der Waals surface area contributed by atoms with Crippen LogP contribution in [0.15, 0.2) is 12.3 Å². The molecule has 2 rings (SSSR count). The van der Waals surface area contributed by atoms with Gasteiger partial charge in [0.15, 0.2) is 0 Å². The third-order valence-corrected chi connectivity index (χ3v) is 2.58. The summed E-state index contributed by atoms with van der Waals surface area (Å²) in [4.78, 5) is 4.29. The molecule has 0 radical (unpaired) electrons. The number of aromatic hydroxyl groups is 1. The Balaban J connectivity index is 2.82. The molecule has 2 aromatic rings. The average Bonchev–Trinajstić information content (AvgIpc) is 2.44. The molecular weight excluding hydrogens is 178 g/mol. The molecule has 0 aliphatic carbocycles. The number of nitrogens with zero attached hydrogens (tertiary/aromatic N) is 2. The van der Waals surface area contributed by atoms with Crippen molar-refractivity contribution < 1.29 is 5.11 Å². The minimum Gasteiger partial charge on any atom is -0.494 e. The van der Waals surface area contributed by atoms with Crippen LogP contribution in [0.4, 0.5) is 5.69 Å². The molecular formula is C10H13N3O. The second-order valence-electron chi connectivity index (χ2n) is 3.34. The Hall–Kier alpha value is -1.71. The molecule has 0 saturated heterocycles. The van der Waals surface area contributed by atoms with Gasteiger partial charge < -0.3 is 15.0 Å². The van der Waals surface area contributed by atoms with Crippen molar-refractivity contribution in [2.45, 2.75) is 6.92 Å². The molecule has 0 aliphatic rings. The molecule has 0 unspecified atom stereocenters. The van der Waals surface area contributed by atoms with Crippen LogP contribution in [0.1, 0.15) is 5.69 Å². The van der Waals surface area contributed by atoms with Crippen LogP contribution in [-0.4, -0.2) is 21.7 Å². The van der Waals surface area contributed by atoms with Crippen LogP contribution in [0.25, 0.3) is 10.9 Å². The standard InChI is InChI=1S/C10H13N3O/c1-6-9-8(10(14)13(6)3)4-7(11-2)5-12-9/h4-5,11,14H,1-3H3. The molecule has 0 fully saturated rings. The van der Waals surface area contributed by atoms with E-state index in [0.717, 1.165) is 22.3 Å². The van der Waals surface area contributed by atoms with E-state index < -0.39 is 0 Å². The number of hydrogen-bond donors (Lipinski definition) is 2. The van der Waals surface area contributed by atoms with Crippen molar-refractivity contribution in [3.8, 4) is 5.88 Å². The largest absolute Gasteiger partial charge is 0.494 e. The highest BCUT2D eigenvalue weighted by Gasteiger charge is 2.11. The lowest BCUT2D eigenvalue weighted by atomic mass is 10.2. The Bertz CT molecular complexity index is 488. The van der Waals surface area contributed by atoms with Crippen molar-refractivity contribution in [3.05, 3.63) is 18.0 Å². The van der Waals surface area contributed by atoms with Gasteiger partial charge in [-0.05, 0) is 13.0 Å². The normalized spacial score (nSPS) is 10.8. The summed E-state index contributed by atoms with van der Waals surface area (Å²) in [7, 11) is 3.65. The van der Waals surface area contributed by atoms with Gasteiger partial charge in [-0.1, -0.05) is 0 Å². The van der Waals surface area contributed by atoms with Crippen LogP contribution in [0.5, 0.6) is 5.88 Å². The molecule has 74 valence electrons. The van der Waals surface area contributed by atoms with Crippen molar-refractivity contribution in [2.75, 3.05) is 12.4 Å². The Kier molecular flexibility index (Phi) is 1.84. The number of nitrogens with one attached hydrogen (secondary N) is 1. The van der Waals surface area contributed by atoms with E-state index in [0.29, 0.717) is 0 Å². The topological polar surface area (TPSA) is 50.1 Å². The predicted molar refractivity (Wildman–Crippen MR) is 56.7 cm³/mol. The summed E-state index contributed by atoms with van der Waals surface area (Å²) < 4.78 is 1.73. The van der Waals surface area contributed by atoms with Gasteiger partial charge in [-0.2, -0.15) is 0 Å². The van der Waals surface area contributed by atoms with Crippen LogP contribution in [0.2, 0.25) is 0 Å².